The van der Waals surface area contributed by atoms with Gasteiger partial charge in [-0.1, -0.05) is 12.1 Å². The molecule has 2 aromatic rings. The van der Waals surface area contributed by atoms with Crippen LogP contribution in [-0.4, -0.2) is 29.0 Å². The Bertz CT molecular complexity index is 810. The van der Waals surface area contributed by atoms with E-state index in [-0.39, 0.29) is 35.0 Å². The topological polar surface area (TPSA) is 121 Å². The fraction of sp³-hybridized carbons (Fsp3) is 0.133. The third kappa shape index (κ3) is 4.97. The molecule has 0 aliphatic heterocycles. The second kappa shape index (κ2) is 6.67. The lowest BCUT2D eigenvalue weighted by atomic mass is 10.0. The van der Waals surface area contributed by atoms with E-state index in [1.54, 1.807) is 12.1 Å². The van der Waals surface area contributed by atoms with Gasteiger partial charge in [-0.15, -0.1) is 0 Å². The summed E-state index contributed by atoms with van der Waals surface area (Å²) >= 11 is 0. The summed E-state index contributed by atoms with van der Waals surface area (Å²) in [5.41, 5.74) is 0.775. The van der Waals surface area contributed by atoms with Gasteiger partial charge in [0.15, 0.2) is 5.78 Å². The van der Waals surface area contributed by atoms with Crippen molar-refractivity contribution in [2.24, 2.45) is 0 Å². The van der Waals surface area contributed by atoms with Crippen LogP contribution in [-0.2, 0) is 16.8 Å². The first-order valence-corrected chi connectivity index (χ1v) is 7.92. The van der Waals surface area contributed by atoms with Crippen molar-refractivity contribution in [1.82, 2.24) is 0 Å². The molecule has 23 heavy (non-hydrogen) atoms. The molecule has 0 heterocycles. The molecule has 0 aliphatic carbocycles. The van der Waals surface area contributed by atoms with Crippen LogP contribution in [0.3, 0.4) is 0 Å². The molecule has 7 nitrogen and oxygen atoms in total. The first-order valence-electron chi connectivity index (χ1n) is 6.55. The maximum atomic E-state index is 12.0. The second-order valence-electron chi connectivity index (χ2n) is 4.78. The summed E-state index contributed by atoms with van der Waals surface area (Å²) in [6.07, 6.45) is 0.440. The molecule has 8 heteroatoms. The number of phenolic OH excluding ortho intramolecular Hbond substituents is 2. The van der Waals surface area contributed by atoms with Gasteiger partial charge in [0.05, 0.1) is 5.56 Å². The Hall–Kier alpha value is -2.58. The normalized spacial score (nSPS) is 11.2. The molecular formula is C15H14O7S. The molecule has 0 atom stereocenters. The average Bonchev–Trinajstić information content (AvgIpc) is 2.47. The summed E-state index contributed by atoms with van der Waals surface area (Å²) in [7, 11) is -4.57. The van der Waals surface area contributed by atoms with Crippen LogP contribution < -0.4 is 4.18 Å². The van der Waals surface area contributed by atoms with E-state index >= 15 is 0 Å². The summed E-state index contributed by atoms with van der Waals surface area (Å²) in [5, 5.41) is 19.0. The fourth-order valence-electron chi connectivity index (χ4n) is 1.97. The van der Waals surface area contributed by atoms with Crippen molar-refractivity contribution in [2.75, 3.05) is 0 Å². The Morgan fingerprint density at radius 3 is 2.30 bits per heavy atom. The third-order valence-corrected chi connectivity index (χ3v) is 3.45. The van der Waals surface area contributed by atoms with Crippen molar-refractivity contribution in [3.8, 4) is 17.2 Å². The van der Waals surface area contributed by atoms with Gasteiger partial charge < -0.3 is 14.4 Å². The summed E-state index contributed by atoms with van der Waals surface area (Å²) in [6.45, 7) is 0. The van der Waals surface area contributed by atoms with E-state index in [1.807, 2.05) is 0 Å². The number of carbonyl (C=O) groups is 1. The molecule has 3 N–H and O–H groups in total. The number of rotatable bonds is 6. The lowest BCUT2D eigenvalue weighted by Crippen LogP contribution is -2.06. The van der Waals surface area contributed by atoms with Crippen LogP contribution in [0, 0.1) is 0 Å². The molecule has 0 unspecified atom stereocenters. The first kappa shape index (κ1) is 16.8. The molecule has 0 spiro atoms. The van der Waals surface area contributed by atoms with Crippen LogP contribution in [0.1, 0.15) is 22.3 Å². The highest BCUT2D eigenvalue weighted by Crippen LogP contribution is 2.24. The maximum absolute atomic E-state index is 12.0. The standard InChI is InChI=1S/C15H14O7S/c16-11-4-8-15(18)13(9-11)14(17)7-3-10-1-5-12(6-2-10)22-23(19,20)21/h1-2,4-6,8-9,16,18H,3,7H2,(H,19,20,21). The minimum atomic E-state index is -4.57. The van der Waals surface area contributed by atoms with Gasteiger partial charge in [0.1, 0.15) is 17.2 Å². The number of benzene rings is 2. The zero-order valence-corrected chi connectivity index (χ0v) is 12.7. The number of aryl methyl sites for hydroxylation is 1. The van der Waals surface area contributed by atoms with Gasteiger partial charge in [-0.2, -0.15) is 8.42 Å². The van der Waals surface area contributed by atoms with Crippen molar-refractivity contribution in [2.45, 2.75) is 12.8 Å². The van der Waals surface area contributed by atoms with Gasteiger partial charge in [0.2, 0.25) is 0 Å². The molecule has 0 aromatic heterocycles. The smallest absolute Gasteiger partial charge is 0.446 e. The molecule has 0 saturated heterocycles. The molecule has 0 bridgehead atoms. The Morgan fingerprint density at radius 1 is 1.04 bits per heavy atom. The molecule has 0 radical (unpaired) electrons. The number of ketones is 1. The Labute approximate surface area is 132 Å². The van der Waals surface area contributed by atoms with E-state index in [0.717, 1.165) is 5.56 Å². The second-order valence-corrected chi connectivity index (χ2v) is 5.80. The van der Waals surface area contributed by atoms with Crippen molar-refractivity contribution < 1.29 is 32.2 Å². The predicted molar refractivity (Wildman–Crippen MR) is 81.0 cm³/mol. The van der Waals surface area contributed by atoms with E-state index in [2.05, 4.69) is 4.18 Å². The monoisotopic (exact) mass is 338 g/mol. The molecule has 122 valence electrons. The van der Waals surface area contributed by atoms with E-state index in [4.69, 9.17) is 4.55 Å². The zero-order valence-electron chi connectivity index (χ0n) is 11.8. The van der Waals surface area contributed by atoms with E-state index in [0.29, 0.717) is 6.42 Å². The van der Waals surface area contributed by atoms with Gasteiger partial charge >= 0.3 is 10.4 Å². The number of phenols is 2. The molecule has 0 saturated carbocycles. The molecule has 0 aliphatic rings. The number of Topliss-reactive ketones (excluding diaryl/α,β-unsaturated/α-hetero) is 1. The maximum Gasteiger partial charge on any atom is 0.446 e. The van der Waals surface area contributed by atoms with Gasteiger partial charge in [0.25, 0.3) is 0 Å². The Balaban J connectivity index is 2.00. The third-order valence-electron chi connectivity index (χ3n) is 3.05. The number of hydrogen-bond donors (Lipinski definition) is 3. The first-order chi connectivity index (χ1) is 10.7. The van der Waals surface area contributed by atoms with Crippen LogP contribution in [0.15, 0.2) is 42.5 Å². The summed E-state index contributed by atoms with van der Waals surface area (Å²) in [4.78, 5) is 12.0. The lowest BCUT2D eigenvalue weighted by Gasteiger charge is -2.06. The molecule has 0 fully saturated rings. The predicted octanol–water partition coefficient (Wildman–Crippen LogP) is 2.09. The highest BCUT2D eigenvalue weighted by Gasteiger charge is 2.12. The number of carbonyl (C=O) groups excluding carboxylic acids is 1. The van der Waals surface area contributed by atoms with Gasteiger partial charge in [-0.3, -0.25) is 9.35 Å². The van der Waals surface area contributed by atoms with Gasteiger partial charge in [0, 0.05) is 6.42 Å². The molecule has 0 amide bonds. The zero-order chi connectivity index (χ0) is 17.0. The van der Waals surface area contributed by atoms with E-state index in [9.17, 15) is 23.4 Å². The largest absolute Gasteiger partial charge is 0.508 e. The Kier molecular flexibility index (Phi) is 4.87. The van der Waals surface area contributed by atoms with Crippen LogP contribution in [0.25, 0.3) is 0 Å². The van der Waals surface area contributed by atoms with Crippen LogP contribution in [0.4, 0.5) is 0 Å². The summed E-state index contributed by atoms with van der Waals surface area (Å²) < 4.78 is 34.0. The number of hydrogen-bond acceptors (Lipinski definition) is 6. The minimum Gasteiger partial charge on any atom is -0.508 e. The summed E-state index contributed by atoms with van der Waals surface area (Å²) in [6, 6.07) is 9.51. The van der Waals surface area contributed by atoms with Crippen molar-refractivity contribution >= 4 is 16.2 Å². The van der Waals surface area contributed by atoms with Crippen molar-refractivity contribution in [3.63, 3.8) is 0 Å². The lowest BCUT2D eigenvalue weighted by molar-refractivity contribution is 0.0980. The molecule has 2 aromatic carbocycles. The molecular weight excluding hydrogens is 324 g/mol. The van der Waals surface area contributed by atoms with Crippen molar-refractivity contribution in [3.05, 3.63) is 53.6 Å². The minimum absolute atomic E-state index is 0.0383. The summed E-state index contributed by atoms with van der Waals surface area (Å²) in [5.74, 6) is -0.701. The average molecular weight is 338 g/mol. The Morgan fingerprint density at radius 2 is 1.70 bits per heavy atom. The fourth-order valence-corrected chi connectivity index (χ4v) is 2.33. The van der Waals surface area contributed by atoms with Crippen LogP contribution >= 0.6 is 0 Å². The highest BCUT2D eigenvalue weighted by molar-refractivity contribution is 7.81. The van der Waals surface area contributed by atoms with Gasteiger partial charge in [-0.05, 0) is 42.3 Å². The van der Waals surface area contributed by atoms with E-state index < -0.39 is 10.4 Å². The van der Waals surface area contributed by atoms with Gasteiger partial charge in [-0.25, -0.2) is 0 Å². The SMILES string of the molecule is O=C(CCc1ccc(OS(=O)(=O)O)cc1)c1cc(O)ccc1O. The highest BCUT2D eigenvalue weighted by atomic mass is 32.3. The molecule has 2 rings (SSSR count). The van der Waals surface area contributed by atoms with E-state index in [1.165, 1.54) is 30.3 Å². The number of aromatic hydroxyl groups is 2. The van der Waals surface area contributed by atoms with Crippen LogP contribution in [0.5, 0.6) is 17.2 Å². The van der Waals surface area contributed by atoms with Crippen LogP contribution in [0.2, 0.25) is 0 Å². The van der Waals surface area contributed by atoms with Crippen molar-refractivity contribution in [1.29, 1.82) is 0 Å². The quantitative estimate of drug-likeness (QED) is 0.419.